The second-order valence-corrected chi connectivity index (χ2v) is 5.00. The number of hydrogen-bond acceptors (Lipinski definition) is 2. The molecule has 0 aliphatic rings. The molecule has 0 aromatic heterocycles. The molecule has 5 nitrogen and oxygen atoms in total. The first-order chi connectivity index (χ1) is 9.32. The van der Waals surface area contributed by atoms with Crippen molar-refractivity contribution in [3.05, 3.63) is 29.6 Å². The molecule has 0 heterocycles. The van der Waals surface area contributed by atoms with Crippen molar-refractivity contribution < 1.29 is 19.1 Å². The zero-order valence-electron chi connectivity index (χ0n) is 11.8. The topological polar surface area (TPSA) is 69.6 Å². The lowest BCUT2D eigenvalue weighted by atomic mass is 10.1. The Morgan fingerprint density at radius 1 is 1.40 bits per heavy atom. The Kier molecular flexibility index (Phi) is 5.49. The maximum absolute atomic E-state index is 13.5. The minimum absolute atomic E-state index is 0.0427. The summed E-state index contributed by atoms with van der Waals surface area (Å²) in [7, 11) is 1.61. The van der Waals surface area contributed by atoms with E-state index in [1.807, 2.05) is 13.8 Å². The van der Waals surface area contributed by atoms with Gasteiger partial charge in [-0.15, -0.1) is 0 Å². The molecule has 1 aromatic rings. The minimum Gasteiger partial charge on any atom is -0.478 e. The lowest BCUT2D eigenvalue weighted by Gasteiger charge is -2.19. The first kappa shape index (κ1) is 15.9. The molecule has 0 radical (unpaired) electrons. The van der Waals surface area contributed by atoms with Gasteiger partial charge in [0.15, 0.2) is 0 Å². The van der Waals surface area contributed by atoms with E-state index < -0.39 is 23.4 Å². The number of benzene rings is 1. The van der Waals surface area contributed by atoms with Crippen molar-refractivity contribution in [1.82, 2.24) is 4.90 Å². The molecular weight excluding hydrogens is 263 g/mol. The van der Waals surface area contributed by atoms with E-state index in [0.29, 0.717) is 12.5 Å². The van der Waals surface area contributed by atoms with Gasteiger partial charge in [0, 0.05) is 13.6 Å². The van der Waals surface area contributed by atoms with Gasteiger partial charge in [0.25, 0.3) is 0 Å². The number of anilines is 1. The van der Waals surface area contributed by atoms with Gasteiger partial charge in [-0.05, 0) is 24.5 Å². The predicted molar refractivity (Wildman–Crippen MR) is 74.5 cm³/mol. The first-order valence-corrected chi connectivity index (χ1v) is 6.36. The molecule has 0 saturated carbocycles. The summed E-state index contributed by atoms with van der Waals surface area (Å²) in [6.45, 7) is 4.63. The number of amides is 2. The summed E-state index contributed by atoms with van der Waals surface area (Å²) in [6.07, 6.45) is 0.832. The molecule has 1 rings (SSSR count). The maximum atomic E-state index is 13.5. The molecule has 0 aliphatic heterocycles. The highest BCUT2D eigenvalue weighted by Gasteiger charge is 2.18. The van der Waals surface area contributed by atoms with Crippen LogP contribution >= 0.6 is 0 Å². The van der Waals surface area contributed by atoms with Crippen LogP contribution in [0.15, 0.2) is 18.2 Å². The van der Waals surface area contributed by atoms with Crippen molar-refractivity contribution in [3.63, 3.8) is 0 Å². The summed E-state index contributed by atoms with van der Waals surface area (Å²) < 4.78 is 13.5. The lowest BCUT2D eigenvalue weighted by molar-refractivity contribution is 0.0693. The van der Waals surface area contributed by atoms with Gasteiger partial charge in [-0.2, -0.15) is 0 Å². The van der Waals surface area contributed by atoms with Gasteiger partial charge in [-0.25, -0.2) is 14.0 Å². The van der Waals surface area contributed by atoms with E-state index in [1.54, 1.807) is 7.05 Å². The summed E-state index contributed by atoms with van der Waals surface area (Å²) in [5.41, 5.74) is -0.572. The smallest absolute Gasteiger partial charge is 0.340 e. The van der Waals surface area contributed by atoms with Crippen LogP contribution in [0.3, 0.4) is 0 Å². The first-order valence-electron chi connectivity index (χ1n) is 6.36. The number of urea groups is 1. The quantitative estimate of drug-likeness (QED) is 0.872. The number of aromatic carboxylic acids is 1. The maximum Gasteiger partial charge on any atom is 0.340 e. The highest BCUT2D eigenvalue weighted by Crippen LogP contribution is 2.19. The van der Waals surface area contributed by atoms with Crippen molar-refractivity contribution in [2.24, 2.45) is 5.92 Å². The number of nitrogens with one attached hydrogen (secondary N) is 1. The van der Waals surface area contributed by atoms with E-state index in [2.05, 4.69) is 5.32 Å². The zero-order chi connectivity index (χ0) is 15.3. The molecule has 0 atom stereocenters. The second-order valence-electron chi connectivity index (χ2n) is 5.00. The van der Waals surface area contributed by atoms with E-state index in [4.69, 9.17) is 5.11 Å². The average molecular weight is 282 g/mol. The number of rotatable bonds is 5. The van der Waals surface area contributed by atoms with Crippen LogP contribution in [0, 0.1) is 11.7 Å². The summed E-state index contributed by atoms with van der Waals surface area (Å²) in [4.78, 5) is 24.4. The Bertz CT molecular complexity index is 503. The van der Waals surface area contributed by atoms with Crippen LogP contribution in [0.1, 0.15) is 30.6 Å². The molecule has 2 N–H and O–H groups in total. The van der Waals surface area contributed by atoms with Crippen molar-refractivity contribution in [2.75, 3.05) is 18.9 Å². The summed E-state index contributed by atoms with van der Waals surface area (Å²) >= 11 is 0. The van der Waals surface area contributed by atoms with Crippen molar-refractivity contribution in [1.29, 1.82) is 0 Å². The highest BCUT2D eigenvalue weighted by molar-refractivity contribution is 6.00. The largest absolute Gasteiger partial charge is 0.478 e. The molecule has 20 heavy (non-hydrogen) atoms. The number of carboxylic acid groups (broad SMARTS) is 1. The standard InChI is InChI=1S/C14H19FN2O3/c1-9(2)7-8-17(3)14(20)16-11-6-4-5-10(15)12(11)13(18)19/h4-6,9H,7-8H2,1-3H3,(H,16,20)(H,18,19). The summed E-state index contributed by atoms with van der Waals surface area (Å²) in [6, 6.07) is 3.30. The predicted octanol–water partition coefficient (Wildman–Crippen LogP) is 3.03. The van der Waals surface area contributed by atoms with E-state index in [9.17, 15) is 14.0 Å². The molecule has 6 heteroatoms. The normalized spacial score (nSPS) is 10.4. The molecule has 0 saturated heterocycles. The summed E-state index contributed by atoms with van der Waals surface area (Å²) in [5.74, 6) is -1.84. The molecule has 0 unspecified atom stereocenters. The van der Waals surface area contributed by atoms with E-state index >= 15 is 0 Å². The van der Waals surface area contributed by atoms with Gasteiger partial charge in [-0.1, -0.05) is 19.9 Å². The average Bonchev–Trinajstić information content (AvgIpc) is 2.35. The Morgan fingerprint density at radius 3 is 2.60 bits per heavy atom. The van der Waals surface area contributed by atoms with Crippen LogP contribution in [0.4, 0.5) is 14.9 Å². The van der Waals surface area contributed by atoms with E-state index in [1.165, 1.54) is 17.0 Å². The molecule has 1 aromatic carbocycles. The van der Waals surface area contributed by atoms with Crippen molar-refractivity contribution in [2.45, 2.75) is 20.3 Å². The number of carbonyl (C=O) groups is 2. The van der Waals surface area contributed by atoms with Gasteiger partial charge in [0.1, 0.15) is 11.4 Å². The van der Waals surface area contributed by atoms with Gasteiger partial charge in [0.2, 0.25) is 0 Å². The third kappa shape index (κ3) is 4.22. The molecule has 0 spiro atoms. The SMILES string of the molecule is CC(C)CCN(C)C(=O)Nc1cccc(F)c1C(=O)O. The third-order valence-electron chi connectivity index (χ3n) is 2.86. The fourth-order valence-corrected chi connectivity index (χ4v) is 1.61. The molecule has 2 amide bonds. The van der Waals surface area contributed by atoms with Gasteiger partial charge >= 0.3 is 12.0 Å². The Labute approximate surface area is 117 Å². The molecule has 0 bridgehead atoms. The molecular formula is C14H19FN2O3. The van der Waals surface area contributed by atoms with Crippen LogP contribution in [0.25, 0.3) is 0 Å². The second kappa shape index (κ2) is 6.88. The Balaban J connectivity index is 2.80. The monoisotopic (exact) mass is 282 g/mol. The number of nitrogens with zero attached hydrogens (tertiary/aromatic N) is 1. The molecule has 0 aliphatic carbocycles. The van der Waals surface area contributed by atoms with Crippen molar-refractivity contribution >= 4 is 17.7 Å². The molecule has 110 valence electrons. The number of carbonyl (C=O) groups excluding carboxylic acids is 1. The Morgan fingerprint density at radius 2 is 2.05 bits per heavy atom. The highest BCUT2D eigenvalue weighted by atomic mass is 19.1. The fourth-order valence-electron chi connectivity index (χ4n) is 1.61. The number of halogens is 1. The van der Waals surface area contributed by atoms with E-state index in [-0.39, 0.29) is 5.69 Å². The van der Waals surface area contributed by atoms with Crippen LogP contribution in [0.5, 0.6) is 0 Å². The summed E-state index contributed by atoms with van der Waals surface area (Å²) in [5, 5.41) is 11.4. The van der Waals surface area contributed by atoms with Crippen LogP contribution in [0.2, 0.25) is 0 Å². The fraction of sp³-hybridized carbons (Fsp3) is 0.429. The van der Waals surface area contributed by atoms with Gasteiger partial charge < -0.3 is 15.3 Å². The zero-order valence-corrected chi connectivity index (χ0v) is 11.8. The van der Waals surface area contributed by atoms with Crippen LogP contribution < -0.4 is 5.32 Å². The molecule has 0 fully saturated rings. The van der Waals surface area contributed by atoms with Crippen LogP contribution in [-0.2, 0) is 0 Å². The number of hydrogen-bond donors (Lipinski definition) is 2. The van der Waals surface area contributed by atoms with E-state index in [0.717, 1.165) is 12.5 Å². The Hall–Kier alpha value is -2.11. The minimum atomic E-state index is -1.41. The lowest BCUT2D eigenvalue weighted by Crippen LogP contribution is -2.33. The van der Waals surface area contributed by atoms with Gasteiger partial charge in [-0.3, -0.25) is 0 Å². The third-order valence-corrected chi connectivity index (χ3v) is 2.86. The number of carboxylic acids is 1. The van der Waals surface area contributed by atoms with Crippen molar-refractivity contribution in [3.8, 4) is 0 Å². The van der Waals surface area contributed by atoms with Crippen LogP contribution in [-0.4, -0.2) is 35.6 Å². The van der Waals surface area contributed by atoms with Gasteiger partial charge in [0.05, 0.1) is 5.69 Å².